The molecule has 0 radical (unpaired) electrons. The van der Waals surface area contributed by atoms with Crippen LogP contribution in [0.4, 0.5) is 0 Å². The molecule has 0 bridgehead atoms. The van der Waals surface area contributed by atoms with Crippen LogP contribution in [0.15, 0.2) is 12.4 Å². The summed E-state index contributed by atoms with van der Waals surface area (Å²) in [6.07, 6.45) is 10.7. The molecular formula is C13H23N3. The maximum Gasteiger partial charge on any atom is 0.125 e. The van der Waals surface area contributed by atoms with Crippen molar-refractivity contribution in [3.63, 3.8) is 0 Å². The van der Waals surface area contributed by atoms with E-state index in [9.17, 15) is 0 Å². The Balaban J connectivity index is 1.88. The fourth-order valence-corrected chi connectivity index (χ4v) is 2.65. The number of rotatable bonds is 5. The zero-order valence-corrected chi connectivity index (χ0v) is 10.4. The summed E-state index contributed by atoms with van der Waals surface area (Å²) in [6, 6.07) is 0.417. The summed E-state index contributed by atoms with van der Waals surface area (Å²) in [5.74, 6) is 2.06. The number of nitrogens with zero attached hydrogens (tertiary/aromatic N) is 2. The number of hydrogen-bond acceptors (Lipinski definition) is 2. The third-order valence-corrected chi connectivity index (χ3v) is 3.71. The quantitative estimate of drug-likeness (QED) is 0.828. The normalized spacial score (nSPS) is 19.1. The number of nitrogens with one attached hydrogen (secondary N) is 1. The van der Waals surface area contributed by atoms with Crippen molar-refractivity contribution in [1.82, 2.24) is 14.9 Å². The Morgan fingerprint density at radius 2 is 2.25 bits per heavy atom. The Morgan fingerprint density at radius 3 is 2.81 bits per heavy atom. The zero-order valence-electron chi connectivity index (χ0n) is 10.4. The molecule has 1 aromatic rings. The first-order valence-electron chi connectivity index (χ1n) is 6.52. The third kappa shape index (κ3) is 2.64. The fraction of sp³-hybridized carbons (Fsp3) is 0.769. The molecule has 1 fully saturated rings. The Bertz CT molecular complexity index is 313. The van der Waals surface area contributed by atoms with Gasteiger partial charge >= 0.3 is 0 Å². The molecule has 1 saturated carbocycles. The van der Waals surface area contributed by atoms with Crippen molar-refractivity contribution in [2.75, 3.05) is 6.54 Å². The molecule has 1 aromatic heterocycles. The van der Waals surface area contributed by atoms with Gasteiger partial charge in [-0.05, 0) is 31.7 Å². The van der Waals surface area contributed by atoms with Crippen LogP contribution in [0, 0.1) is 5.92 Å². The second kappa shape index (κ2) is 5.48. The van der Waals surface area contributed by atoms with E-state index in [4.69, 9.17) is 0 Å². The molecular weight excluding hydrogens is 198 g/mol. The largest absolute Gasteiger partial charge is 0.337 e. The van der Waals surface area contributed by atoms with Crippen molar-refractivity contribution >= 4 is 0 Å². The van der Waals surface area contributed by atoms with Crippen LogP contribution in [0.5, 0.6) is 0 Å². The predicted octanol–water partition coefficient (Wildman–Crippen LogP) is 2.65. The second-order valence-corrected chi connectivity index (χ2v) is 4.92. The number of hydrogen-bond donors (Lipinski definition) is 1. The molecule has 16 heavy (non-hydrogen) atoms. The van der Waals surface area contributed by atoms with Gasteiger partial charge in [0.15, 0.2) is 0 Å². The first kappa shape index (κ1) is 11.6. The van der Waals surface area contributed by atoms with E-state index in [1.807, 2.05) is 12.4 Å². The average Bonchev–Trinajstić information content (AvgIpc) is 2.92. The Labute approximate surface area is 98.3 Å². The van der Waals surface area contributed by atoms with Crippen molar-refractivity contribution in [3.8, 4) is 0 Å². The highest BCUT2D eigenvalue weighted by atomic mass is 15.1. The summed E-state index contributed by atoms with van der Waals surface area (Å²) in [5.41, 5.74) is 0. The van der Waals surface area contributed by atoms with E-state index in [1.165, 1.54) is 31.5 Å². The molecule has 1 aliphatic rings. The Kier molecular flexibility index (Phi) is 3.99. The highest BCUT2D eigenvalue weighted by Gasteiger charge is 2.18. The minimum Gasteiger partial charge on any atom is -0.337 e. The first-order chi connectivity index (χ1) is 7.81. The van der Waals surface area contributed by atoms with Gasteiger partial charge in [-0.3, -0.25) is 0 Å². The lowest BCUT2D eigenvalue weighted by Crippen LogP contribution is -2.27. The smallest absolute Gasteiger partial charge is 0.125 e. The summed E-state index contributed by atoms with van der Waals surface area (Å²) in [6.45, 7) is 3.38. The molecule has 2 rings (SSSR count). The van der Waals surface area contributed by atoms with E-state index in [2.05, 4.69) is 28.8 Å². The Morgan fingerprint density at radius 1 is 1.50 bits per heavy atom. The van der Waals surface area contributed by atoms with E-state index < -0.39 is 0 Å². The van der Waals surface area contributed by atoms with Gasteiger partial charge in [0.25, 0.3) is 0 Å². The van der Waals surface area contributed by atoms with E-state index in [0.29, 0.717) is 6.04 Å². The second-order valence-electron chi connectivity index (χ2n) is 4.92. The van der Waals surface area contributed by atoms with Gasteiger partial charge in [0.1, 0.15) is 5.82 Å². The first-order valence-corrected chi connectivity index (χ1v) is 6.52. The zero-order chi connectivity index (χ0) is 11.4. The molecule has 0 spiro atoms. The van der Waals surface area contributed by atoms with Crippen molar-refractivity contribution in [2.45, 2.75) is 45.1 Å². The Hall–Kier alpha value is -0.830. The number of aromatic nitrogens is 2. The van der Waals surface area contributed by atoms with Gasteiger partial charge < -0.3 is 9.88 Å². The maximum absolute atomic E-state index is 4.43. The van der Waals surface area contributed by atoms with Crippen LogP contribution in [0.25, 0.3) is 0 Å². The van der Waals surface area contributed by atoms with Gasteiger partial charge in [-0.2, -0.15) is 0 Å². The standard InChI is InChI=1S/C13H23N3/c1-3-12(13-14-8-9-16(13)2)15-10-11-6-4-5-7-11/h8-9,11-12,15H,3-7,10H2,1-2H3. The lowest BCUT2D eigenvalue weighted by Gasteiger charge is -2.19. The summed E-state index contributed by atoms with van der Waals surface area (Å²) in [5, 5.41) is 3.67. The molecule has 1 unspecified atom stereocenters. The SMILES string of the molecule is CCC(NCC1CCCC1)c1nccn1C. The van der Waals surface area contributed by atoms with Crippen molar-refractivity contribution in [2.24, 2.45) is 13.0 Å². The van der Waals surface area contributed by atoms with Gasteiger partial charge in [0.2, 0.25) is 0 Å². The molecule has 90 valence electrons. The van der Waals surface area contributed by atoms with E-state index >= 15 is 0 Å². The van der Waals surface area contributed by atoms with Crippen molar-refractivity contribution < 1.29 is 0 Å². The van der Waals surface area contributed by atoms with Crippen molar-refractivity contribution in [3.05, 3.63) is 18.2 Å². The maximum atomic E-state index is 4.43. The molecule has 0 aliphatic heterocycles. The summed E-state index contributed by atoms with van der Waals surface area (Å²) < 4.78 is 2.12. The molecule has 1 atom stereocenters. The van der Waals surface area contributed by atoms with E-state index in [1.54, 1.807) is 0 Å². The topological polar surface area (TPSA) is 29.9 Å². The average molecular weight is 221 g/mol. The molecule has 1 aliphatic carbocycles. The van der Waals surface area contributed by atoms with Crippen LogP contribution in [-0.4, -0.2) is 16.1 Å². The van der Waals surface area contributed by atoms with Gasteiger partial charge in [0, 0.05) is 19.4 Å². The summed E-state index contributed by atoms with van der Waals surface area (Å²) >= 11 is 0. The predicted molar refractivity (Wildman–Crippen MR) is 66.2 cm³/mol. The van der Waals surface area contributed by atoms with Crippen LogP contribution < -0.4 is 5.32 Å². The molecule has 3 nitrogen and oxygen atoms in total. The number of imidazole rings is 1. The van der Waals surface area contributed by atoms with Crippen LogP contribution in [0.1, 0.15) is 50.9 Å². The van der Waals surface area contributed by atoms with Crippen LogP contribution >= 0.6 is 0 Å². The van der Waals surface area contributed by atoms with Gasteiger partial charge in [0.05, 0.1) is 6.04 Å². The highest BCUT2D eigenvalue weighted by molar-refractivity contribution is 4.98. The molecule has 0 aromatic carbocycles. The molecule has 1 N–H and O–H groups in total. The fourth-order valence-electron chi connectivity index (χ4n) is 2.65. The number of aryl methyl sites for hydroxylation is 1. The molecule has 0 amide bonds. The van der Waals surface area contributed by atoms with Crippen LogP contribution in [0.2, 0.25) is 0 Å². The van der Waals surface area contributed by atoms with Gasteiger partial charge in [-0.15, -0.1) is 0 Å². The lowest BCUT2D eigenvalue weighted by molar-refractivity contribution is 0.414. The monoisotopic (exact) mass is 221 g/mol. The molecule has 0 saturated heterocycles. The minimum atomic E-state index is 0.417. The minimum absolute atomic E-state index is 0.417. The van der Waals surface area contributed by atoms with Crippen molar-refractivity contribution in [1.29, 1.82) is 0 Å². The van der Waals surface area contributed by atoms with Gasteiger partial charge in [-0.25, -0.2) is 4.98 Å². The highest BCUT2D eigenvalue weighted by Crippen LogP contribution is 2.25. The summed E-state index contributed by atoms with van der Waals surface area (Å²) in [7, 11) is 2.07. The van der Waals surface area contributed by atoms with Crippen LogP contribution in [-0.2, 0) is 7.05 Å². The third-order valence-electron chi connectivity index (χ3n) is 3.71. The van der Waals surface area contributed by atoms with E-state index in [0.717, 1.165) is 18.9 Å². The lowest BCUT2D eigenvalue weighted by atomic mass is 10.1. The molecule has 1 heterocycles. The van der Waals surface area contributed by atoms with Crippen LogP contribution in [0.3, 0.4) is 0 Å². The summed E-state index contributed by atoms with van der Waals surface area (Å²) in [4.78, 5) is 4.43. The van der Waals surface area contributed by atoms with E-state index in [-0.39, 0.29) is 0 Å². The van der Waals surface area contributed by atoms with Gasteiger partial charge in [-0.1, -0.05) is 19.8 Å². The molecule has 3 heteroatoms.